The lowest BCUT2D eigenvalue weighted by atomic mass is 9.80. The van der Waals surface area contributed by atoms with E-state index in [9.17, 15) is 24.5 Å². The topological polar surface area (TPSA) is 183 Å². The van der Waals surface area contributed by atoms with Gasteiger partial charge < -0.3 is 19.5 Å². The van der Waals surface area contributed by atoms with Crippen LogP contribution in [0.4, 0.5) is 11.4 Å². The summed E-state index contributed by atoms with van der Waals surface area (Å²) in [5.74, 6) is -3.31. The summed E-state index contributed by atoms with van der Waals surface area (Å²) in [6.07, 6.45) is 0. The Morgan fingerprint density at radius 2 is 1.59 bits per heavy atom. The fourth-order valence-corrected chi connectivity index (χ4v) is 4.10. The Bertz CT molecular complexity index is 1420. The SMILES string of the molecule is CCOC(=O)C1=C(C)NC(C)=C(C(=O)OCCOC(=O)c2ccccc2N=[N+]=[N-])C1c1cccc([N+](=O)[O-])c1. The maximum atomic E-state index is 13.3. The molecule has 1 heterocycles. The molecule has 1 unspecified atom stereocenters. The van der Waals surface area contributed by atoms with Crippen LogP contribution in [0.1, 0.15) is 42.6 Å². The summed E-state index contributed by atoms with van der Waals surface area (Å²) in [6.45, 7) is 4.32. The molecule has 0 amide bonds. The van der Waals surface area contributed by atoms with Crippen LogP contribution in [0.15, 0.2) is 76.2 Å². The lowest BCUT2D eigenvalue weighted by Crippen LogP contribution is -2.33. The molecule has 0 spiro atoms. The Morgan fingerprint density at radius 3 is 2.21 bits per heavy atom. The number of carbonyl (C=O) groups excluding carboxylic acids is 3. The van der Waals surface area contributed by atoms with Gasteiger partial charge in [-0.3, -0.25) is 10.1 Å². The number of benzene rings is 2. The highest BCUT2D eigenvalue weighted by molar-refractivity contribution is 6.00. The first-order valence-electron chi connectivity index (χ1n) is 11.8. The van der Waals surface area contributed by atoms with Gasteiger partial charge in [-0.15, -0.1) is 0 Å². The number of rotatable bonds is 10. The number of ether oxygens (including phenoxy) is 3. The summed E-state index contributed by atoms with van der Waals surface area (Å²) >= 11 is 0. The number of nitrogens with one attached hydrogen (secondary N) is 1. The first kappa shape index (κ1) is 28.4. The molecule has 39 heavy (non-hydrogen) atoms. The molecule has 0 saturated carbocycles. The van der Waals surface area contributed by atoms with Crippen molar-refractivity contribution in [3.8, 4) is 0 Å². The second-order valence-corrected chi connectivity index (χ2v) is 8.19. The zero-order valence-corrected chi connectivity index (χ0v) is 21.4. The van der Waals surface area contributed by atoms with Crippen LogP contribution in [-0.2, 0) is 23.8 Å². The van der Waals surface area contributed by atoms with Gasteiger partial charge in [0.1, 0.15) is 13.2 Å². The molecule has 1 N–H and O–H groups in total. The van der Waals surface area contributed by atoms with E-state index < -0.39 is 28.7 Å². The zero-order chi connectivity index (χ0) is 28.5. The predicted octanol–water partition coefficient (Wildman–Crippen LogP) is 4.73. The molecule has 0 fully saturated rings. The van der Waals surface area contributed by atoms with Crippen LogP contribution in [0.25, 0.3) is 10.4 Å². The van der Waals surface area contributed by atoms with Gasteiger partial charge in [0.05, 0.1) is 39.8 Å². The van der Waals surface area contributed by atoms with E-state index in [-0.39, 0.29) is 47.9 Å². The van der Waals surface area contributed by atoms with Crippen molar-refractivity contribution in [1.82, 2.24) is 5.32 Å². The van der Waals surface area contributed by atoms with E-state index in [2.05, 4.69) is 15.3 Å². The number of hydrogen-bond acceptors (Lipinski definition) is 10. The number of azide groups is 1. The van der Waals surface area contributed by atoms with Crippen molar-refractivity contribution in [1.29, 1.82) is 0 Å². The standard InChI is InChI=1S/C26H25N5O8/c1-4-37-25(33)21-15(2)28-16(3)22(23(21)17-8-7-9-18(14-17)31(35)36)26(34)39-13-12-38-24(32)19-10-5-6-11-20(19)29-30-27/h5-11,14,23,28H,4,12-13H2,1-3H3. The third-order valence-corrected chi connectivity index (χ3v) is 5.72. The summed E-state index contributed by atoms with van der Waals surface area (Å²) in [5, 5.41) is 17.8. The fourth-order valence-electron chi connectivity index (χ4n) is 4.10. The van der Waals surface area contributed by atoms with Crippen molar-refractivity contribution < 1.29 is 33.5 Å². The van der Waals surface area contributed by atoms with Crippen molar-refractivity contribution in [2.75, 3.05) is 19.8 Å². The summed E-state index contributed by atoms with van der Waals surface area (Å²) in [4.78, 5) is 52.1. The number of nitrogens with zero attached hydrogens (tertiary/aromatic N) is 4. The predicted molar refractivity (Wildman–Crippen MR) is 137 cm³/mol. The highest BCUT2D eigenvalue weighted by atomic mass is 16.6. The third-order valence-electron chi connectivity index (χ3n) is 5.72. The quantitative estimate of drug-likeness (QED) is 0.0656. The molecule has 1 atom stereocenters. The van der Waals surface area contributed by atoms with Gasteiger partial charge in [0.25, 0.3) is 5.69 Å². The number of allylic oxidation sites excluding steroid dienone is 2. The van der Waals surface area contributed by atoms with E-state index in [4.69, 9.17) is 19.7 Å². The highest BCUT2D eigenvalue weighted by Gasteiger charge is 2.38. The van der Waals surface area contributed by atoms with Crippen molar-refractivity contribution >= 4 is 29.3 Å². The van der Waals surface area contributed by atoms with Crippen LogP contribution in [0.2, 0.25) is 0 Å². The Balaban J connectivity index is 1.83. The Kier molecular flexibility index (Phi) is 9.38. The minimum Gasteiger partial charge on any atom is -0.463 e. The fraction of sp³-hybridized carbons (Fsp3) is 0.269. The van der Waals surface area contributed by atoms with Crippen LogP contribution in [0.5, 0.6) is 0 Å². The minimum atomic E-state index is -1.02. The third kappa shape index (κ3) is 6.59. The van der Waals surface area contributed by atoms with E-state index in [1.54, 1.807) is 39.0 Å². The molecule has 3 rings (SSSR count). The summed E-state index contributed by atoms with van der Waals surface area (Å²) in [6, 6.07) is 11.7. The molecule has 2 aromatic carbocycles. The lowest BCUT2D eigenvalue weighted by Gasteiger charge is -2.30. The number of nitro benzene ring substituents is 1. The number of nitro groups is 1. The molecule has 1 aliphatic heterocycles. The Hall–Kier alpha value is -5.16. The lowest BCUT2D eigenvalue weighted by molar-refractivity contribution is -0.384. The number of esters is 3. The largest absolute Gasteiger partial charge is 0.463 e. The first-order valence-corrected chi connectivity index (χ1v) is 11.8. The molecule has 0 bridgehead atoms. The van der Waals surface area contributed by atoms with Gasteiger partial charge in [-0.2, -0.15) is 0 Å². The van der Waals surface area contributed by atoms with E-state index in [1.807, 2.05) is 0 Å². The van der Waals surface area contributed by atoms with Gasteiger partial charge in [-0.25, -0.2) is 14.4 Å². The summed E-state index contributed by atoms with van der Waals surface area (Å²) in [7, 11) is 0. The molecule has 13 heteroatoms. The van der Waals surface area contributed by atoms with E-state index >= 15 is 0 Å². The van der Waals surface area contributed by atoms with Gasteiger partial charge in [-0.05, 0) is 37.9 Å². The molecule has 0 aliphatic carbocycles. The Morgan fingerprint density at radius 1 is 0.974 bits per heavy atom. The van der Waals surface area contributed by atoms with Gasteiger partial charge in [-0.1, -0.05) is 35.4 Å². The second kappa shape index (κ2) is 12.9. The zero-order valence-electron chi connectivity index (χ0n) is 21.4. The van der Waals surface area contributed by atoms with Crippen LogP contribution in [0, 0.1) is 10.1 Å². The molecule has 0 aromatic heterocycles. The van der Waals surface area contributed by atoms with Crippen molar-refractivity contribution in [3.63, 3.8) is 0 Å². The van der Waals surface area contributed by atoms with E-state index in [0.717, 1.165) is 0 Å². The smallest absolute Gasteiger partial charge is 0.338 e. The molecule has 0 saturated heterocycles. The molecule has 13 nitrogen and oxygen atoms in total. The van der Waals surface area contributed by atoms with Crippen LogP contribution in [0.3, 0.4) is 0 Å². The van der Waals surface area contributed by atoms with Crippen molar-refractivity contribution in [2.45, 2.75) is 26.7 Å². The average molecular weight is 536 g/mol. The van der Waals surface area contributed by atoms with E-state index in [0.29, 0.717) is 17.0 Å². The number of dihydropyridines is 1. The molecule has 2 aromatic rings. The molecule has 1 aliphatic rings. The molecular weight excluding hydrogens is 510 g/mol. The second-order valence-electron chi connectivity index (χ2n) is 8.19. The van der Waals surface area contributed by atoms with Gasteiger partial charge in [0.15, 0.2) is 0 Å². The summed E-state index contributed by atoms with van der Waals surface area (Å²) < 4.78 is 15.7. The van der Waals surface area contributed by atoms with Crippen LogP contribution >= 0.6 is 0 Å². The number of hydrogen-bond donors (Lipinski definition) is 1. The van der Waals surface area contributed by atoms with Crippen LogP contribution in [-0.4, -0.2) is 42.7 Å². The monoisotopic (exact) mass is 535 g/mol. The van der Waals surface area contributed by atoms with Gasteiger partial charge in [0.2, 0.25) is 0 Å². The van der Waals surface area contributed by atoms with Crippen molar-refractivity contribution in [3.05, 3.63) is 103 Å². The van der Waals surface area contributed by atoms with E-state index in [1.165, 1.54) is 30.3 Å². The molecular formula is C26H25N5O8. The summed E-state index contributed by atoms with van der Waals surface area (Å²) in [5.41, 5.74) is 9.85. The highest BCUT2D eigenvalue weighted by Crippen LogP contribution is 2.40. The average Bonchev–Trinajstić information content (AvgIpc) is 2.91. The molecule has 0 radical (unpaired) electrons. The van der Waals surface area contributed by atoms with Crippen LogP contribution < -0.4 is 5.32 Å². The number of non-ortho nitro benzene ring substituents is 1. The normalized spacial score (nSPS) is 14.6. The first-order chi connectivity index (χ1) is 18.7. The maximum absolute atomic E-state index is 13.3. The van der Waals surface area contributed by atoms with Gasteiger partial charge >= 0.3 is 17.9 Å². The minimum absolute atomic E-state index is 0.0436. The Labute approximate surface area is 222 Å². The van der Waals surface area contributed by atoms with Crippen molar-refractivity contribution in [2.24, 2.45) is 5.11 Å². The van der Waals surface area contributed by atoms with Gasteiger partial charge in [0, 0.05) is 28.4 Å². The molecule has 202 valence electrons. The maximum Gasteiger partial charge on any atom is 0.338 e. The number of carbonyl (C=O) groups is 3.